The van der Waals surface area contributed by atoms with E-state index in [2.05, 4.69) is 9.88 Å². The van der Waals surface area contributed by atoms with Crippen molar-refractivity contribution in [2.75, 3.05) is 26.2 Å². The Labute approximate surface area is 173 Å². The summed E-state index contributed by atoms with van der Waals surface area (Å²) in [7, 11) is 0. The molecule has 1 aromatic carbocycles. The Bertz CT molecular complexity index is 793. The fraction of sp³-hybridized carbons (Fsp3) is 0.417. The molecule has 0 atom stereocenters. The zero-order valence-corrected chi connectivity index (χ0v) is 16.8. The third-order valence-electron chi connectivity index (χ3n) is 5.94. The van der Waals surface area contributed by atoms with Crippen LogP contribution in [-0.4, -0.2) is 59.0 Å². The van der Waals surface area contributed by atoms with Gasteiger partial charge in [-0.05, 0) is 49.5 Å². The Morgan fingerprint density at radius 2 is 1.62 bits per heavy atom. The molecule has 0 aliphatic carbocycles. The molecule has 29 heavy (non-hydrogen) atoms. The molecule has 0 saturated carbocycles. The van der Waals surface area contributed by atoms with Crippen molar-refractivity contribution in [2.45, 2.75) is 37.8 Å². The first-order valence-electron chi connectivity index (χ1n) is 10.6. The van der Waals surface area contributed by atoms with Crippen LogP contribution in [0.3, 0.4) is 0 Å². The van der Waals surface area contributed by atoms with Crippen molar-refractivity contribution in [3.05, 3.63) is 66.5 Å². The SMILES string of the molecule is O=C(C=Cc1ccccc1)N1CCC(N2CCC(Oc3ccncc3)CC2)CC1. The second-order valence-electron chi connectivity index (χ2n) is 7.84. The number of rotatable bonds is 5. The lowest BCUT2D eigenvalue weighted by atomic mass is 9.98. The average molecular weight is 392 g/mol. The maximum Gasteiger partial charge on any atom is 0.246 e. The van der Waals surface area contributed by atoms with Gasteiger partial charge >= 0.3 is 0 Å². The van der Waals surface area contributed by atoms with Crippen LogP contribution in [0.4, 0.5) is 0 Å². The summed E-state index contributed by atoms with van der Waals surface area (Å²) in [6.07, 6.45) is 11.7. The van der Waals surface area contributed by atoms with Gasteiger partial charge in [0, 0.05) is 50.7 Å². The number of amides is 1. The number of pyridine rings is 1. The highest BCUT2D eigenvalue weighted by molar-refractivity contribution is 5.91. The zero-order chi connectivity index (χ0) is 19.9. The van der Waals surface area contributed by atoms with Crippen LogP contribution in [0.15, 0.2) is 60.9 Å². The minimum absolute atomic E-state index is 0.122. The largest absolute Gasteiger partial charge is 0.490 e. The summed E-state index contributed by atoms with van der Waals surface area (Å²) in [6.45, 7) is 3.83. The Morgan fingerprint density at radius 1 is 0.931 bits per heavy atom. The molecule has 2 saturated heterocycles. The molecule has 2 fully saturated rings. The maximum absolute atomic E-state index is 12.5. The number of piperidine rings is 2. The van der Waals surface area contributed by atoms with Crippen molar-refractivity contribution < 1.29 is 9.53 Å². The summed E-state index contributed by atoms with van der Waals surface area (Å²) in [5, 5.41) is 0. The second-order valence-corrected chi connectivity index (χ2v) is 7.84. The monoisotopic (exact) mass is 391 g/mol. The molecule has 1 aromatic heterocycles. The molecule has 0 unspecified atom stereocenters. The molecule has 4 rings (SSSR count). The predicted molar refractivity (Wildman–Crippen MR) is 115 cm³/mol. The highest BCUT2D eigenvalue weighted by Gasteiger charge is 2.29. The molecule has 152 valence electrons. The summed E-state index contributed by atoms with van der Waals surface area (Å²) in [4.78, 5) is 21.1. The number of carbonyl (C=O) groups excluding carboxylic acids is 1. The van der Waals surface area contributed by atoms with E-state index in [9.17, 15) is 4.79 Å². The van der Waals surface area contributed by atoms with Crippen molar-refractivity contribution in [3.8, 4) is 5.75 Å². The lowest BCUT2D eigenvalue weighted by Crippen LogP contribution is -2.49. The second kappa shape index (κ2) is 9.70. The van der Waals surface area contributed by atoms with E-state index in [0.29, 0.717) is 12.1 Å². The number of likely N-dealkylation sites (tertiary alicyclic amines) is 2. The average Bonchev–Trinajstić information content (AvgIpc) is 2.79. The first-order valence-corrected chi connectivity index (χ1v) is 10.6. The summed E-state index contributed by atoms with van der Waals surface area (Å²) in [6, 6.07) is 14.4. The van der Waals surface area contributed by atoms with E-state index < -0.39 is 0 Å². The van der Waals surface area contributed by atoms with Crippen molar-refractivity contribution in [2.24, 2.45) is 0 Å². The van der Waals surface area contributed by atoms with E-state index in [1.807, 2.05) is 53.4 Å². The number of ether oxygens (including phenoxy) is 1. The van der Waals surface area contributed by atoms with Gasteiger partial charge in [-0.3, -0.25) is 14.7 Å². The van der Waals surface area contributed by atoms with Gasteiger partial charge in [-0.25, -0.2) is 0 Å². The summed E-state index contributed by atoms with van der Waals surface area (Å²) in [5.74, 6) is 1.03. The third kappa shape index (κ3) is 5.45. The molecule has 0 radical (unpaired) electrons. The highest BCUT2D eigenvalue weighted by Crippen LogP contribution is 2.24. The molecule has 2 aliphatic heterocycles. The van der Waals surface area contributed by atoms with Crippen molar-refractivity contribution in [3.63, 3.8) is 0 Å². The molecular weight excluding hydrogens is 362 g/mol. The third-order valence-corrected chi connectivity index (χ3v) is 5.94. The van der Waals surface area contributed by atoms with Gasteiger partial charge in [0.2, 0.25) is 5.91 Å². The first kappa shape index (κ1) is 19.6. The van der Waals surface area contributed by atoms with Crippen LogP contribution in [-0.2, 0) is 4.79 Å². The van der Waals surface area contributed by atoms with Crippen LogP contribution in [0.1, 0.15) is 31.2 Å². The van der Waals surface area contributed by atoms with Gasteiger partial charge in [-0.15, -0.1) is 0 Å². The van der Waals surface area contributed by atoms with Crippen LogP contribution in [0.2, 0.25) is 0 Å². The number of hydrogen-bond acceptors (Lipinski definition) is 4. The van der Waals surface area contributed by atoms with Gasteiger partial charge in [0.1, 0.15) is 11.9 Å². The van der Waals surface area contributed by atoms with E-state index in [1.165, 1.54) is 0 Å². The fourth-order valence-electron chi connectivity index (χ4n) is 4.26. The molecule has 3 heterocycles. The lowest BCUT2D eigenvalue weighted by Gasteiger charge is -2.41. The molecular formula is C24H29N3O2. The Morgan fingerprint density at radius 3 is 2.31 bits per heavy atom. The van der Waals surface area contributed by atoms with Gasteiger partial charge in [0.25, 0.3) is 0 Å². The van der Waals surface area contributed by atoms with Crippen molar-refractivity contribution in [1.29, 1.82) is 0 Å². The molecule has 5 nitrogen and oxygen atoms in total. The smallest absolute Gasteiger partial charge is 0.246 e. The van der Waals surface area contributed by atoms with Crippen LogP contribution < -0.4 is 4.74 Å². The summed E-state index contributed by atoms with van der Waals surface area (Å²) >= 11 is 0. The Hall–Kier alpha value is -2.66. The van der Waals surface area contributed by atoms with E-state index >= 15 is 0 Å². The normalized spacial score (nSPS) is 19.5. The van der Waals surface area contributed by atoms with Crippen LogP contribution in [0, 0.1) is 0 Å². The minimum Gasteiger partial charge on any atom is -0.490 e. The fourth-order valence-corrected chi connectivity index (χ4v) is 4.26. The molecule has 2 aromatic rings. The number of carbonyl (C=O) groups is 1. The zero-order valence-electron chi connectivity index (χ0n) is 16.8. The molecule has 0 spiro atoms. The van der Waals surface area contributed by atoms with Crippen molar-refractivity contribution >= 4 is 12.0 Å². The van der Waals surface area contributed by atoms with Crippen molar-refractivity contribution in [1.82, 2.24) is 14.8 Å². The number of aromatic nitrogens is 1. The summed E-state index contributed by atoms with van der Waals surface area (Å²) in [5.41, 5.74) is 1.06. The molecule has 2 aliphatic rings. The van der Waals surface area contributed by atoms with Gasteiger partial charge in [0.05, 0.1) is 0 Å². The Balaban J connectivity index is 1.20. The topological polar surface area (TPSA) is 45.7 Å². The predicted octanol–water partition coefficient (Wildman–Crippen LogP) is 3.63. The first-order chi connectivity index (χ1) is 14.3. The lowest BCUT2D eigenvalue weighted by molar-refractivity contribution is -0.127. The molecule has 0 N–H and O–H groups in total. The van der Waals surface area contributed by atoms with Gasteiger partial charge in [0.15, 0.2) is 0 Å². The van der Waals surface area contributed by atoms with Gasteiger partial charge < -0.3 is 9.64 Å². The van der Waals surface area contributed by atoms with Gasteiger partial charge in [-0.1, -0.05) is 30.3 Å². The number of benzene rings is 1. The number of hydrogen-bond donors (Lipinski definition) is 0. The maximum atomic E-state index is 12.5. The number of nitrogens with zero attached hydrogens (tertiary/aromatic N) is 3. The molecule has 1 amide bonds. The van der Waals surface area contributed by atoms with Crippen LogP contribution in [0.5, 0.6) is 5.75 Å². The summed E-state index contributed by atoms with van der Waals surface area (Å²) < 4.78 is 6.08. The Kier molecular flexibility index (Phi) is 6.57. The van der Waals surface area contributed by atoms with Gasteiger partial charge in [-0.2, -0.15) is 0 Å². The standard InChI is InChI=1S/C24H29N3O2/c28-24(7-6-20-4-2-1-3-5-20)27-16-10-21(11-17-27)26-18-12-23(13-19-26)29-22-8-14-25-15-9-22/h1-9,14-15,21,23H,10-13,16-19H2. The van der Waals surface area contributed by atoms with E-state index in [1.54, 1.807) is 18.5 Å². The molecule has 0 bridgehead atoms. The van der Waals surface area contributed by atoms with E-state index in [-0.39, 0.29) is 5.91 Å². The van der Waals surface area contributed by atoms with E-state index in [4.69, 9.17) is 4.74 Å². The van der Waals surface area contributed by atoms with Crippen LogP contribution >= 0.6 is 0 Å². The minimum atomic E-state index is 0.122. The quantitative estimate of drug-likeness (QED) is 0.730. The van der Waals surface area contributed by atoms with Crippen LogP contribution in [0.25, 0.3) is 6.08 Å². The molecule has 5 heteroatoms. The highest BCUT2D eigenvalue weighted by atomic mass is 16.5. The van der Waals surface area contributed by atoms with E-state index in [0.717, 1.165) is 63.2 Å².